The number of benzene rings is 8. The van der Waals surface area contributed by atoms with Crippen LogP contribution in [0.2, 0.25) is 0 Å². The van der Waals surface area contributed by atoms with Gasteiger partial charge < -0.3 is 18.2 Å². The van der Waals surface area contributed by atoms with Crippen molar-refractivity contribution in [1.29, 1.82) is 0 Å². The lowest BCUT2D eigenvalue weighted by Crippen LogP contribution is -2.09. The van der Waals surface area contributed by atoms with E-state index in [1.54, 1.807) is 0 Å². The number of nitrogens with zero attached hydrogens (tertiary/aromatic N) is 2. The molecule has 0 N–H and O–H groups in total. The van der Waals surface area contributed by atoms with Crippen molar-refractivity contribution in [3.63, 3.8) is 0 Å². The zero-order valence-corrected chi connectivity index (χ0v) is 30.0. The summed E-state index contributed by atoms with van der Waals surface area (Å²) in [6, 6.07) is 59.2. The van der Waals surface area contributed by atoms with Gasteiger partial charge in [0.05, 0.1) is 5.39 Å². The first-order chi connectivity index (χ1) is 27.2. The largest absolute Gasteiger partial charge is 0.456 e. The number of fused-ring (bicyclic) bond motifs is 11. The van der Waals surface area contributed by atoms with Gasteiger partial charge in [-0.2, -0.15) is 0 Å². The van der Waals surface area contributed by atoms with Gasteiger partial charge in [-0.05, 0) is 102 Å². The molecule has 0 unspecified atom stereocenters. The molecule has 6 heteroatoms. The molecule has 4 aromatic heterocycles. The molecule has 0 fully saturated rings. The quantitative estimate of drug-likeness (QED) is 0.177. The van der Waals surface area contributed by atoms with E-state index in [0.29, 0.717) is 5.89 Å². The van der Waals surface area contributed by atoms with E-state index < -0.39 is 0 Å². The Hall–Kier alpha value is -7.15. The van der Waals surface area contributed by atoms with Crippen molar-refractivity contribution < 1.29 is 13.3 Å². The van der Waals surface area contributed by atoms with E-state index in [2.05, 4.69) is 120 Å². The SMILES string of the molecule is c1ccc(-c2nc3c(ccc4oc5cc(-c6ccc(N(c7ccc8c(c7)oc7ccccc78)c7ccc8sc9ccccc9c8c7)cc6)ccc5c43)o2)cc1. The van der Waals surface area contributed by atoms with Gasteiger partial charge >= 0.3 is 0 Å². The Bertz CT molecular complexity index is 3440. The molecule has 0 saturated heterocycles. The van der Waals surface area contributed by atoms with E-state index in [1.807, 2.05) is 65.9 Å². The predicted octanol–water partition coefficient (Wildman–Crippen LogP) is 14.8. The van der Waals surface area contributed by atoms with Gasteiger partial charge in [-0.1, -0.05) is 72.8 Å². The third-order valence-electron chi connectivity index (χ3n) is 10.7. The van der Waals surface area contributed by atoms with Crippen molar-refractivity contribution >= 4 is 104 Å². The average molecular weight is 725 g/mol. The van der Waals surface area contributed by atoms with Crippen molar-refractivity contribution in [2.45, 2.75) is 0 Å². The van der Waals surface area contributed by atoms with E-state index in [9.17, 15) is 0 Å². The van der Waals surface area contributed by atoms with Crippen LogP contribution in [0.1, 0.15) is 0 Å². The van der Waals surface area contributed by atoms with Gasteiger partial charge in [0, 0.05) is 65.0 Å². The summed E-state index contributed by atoms with van der Waals surface area (Å²) in [7, 11) is 0. The molecular formula is C49H28N2O3S. The number of hydrogen-bond donors (Lipinski definition) is 0. The molecule has 0 aliphatic rings. The highest BCUT2D eigenvalue weighted by atomic mass is 32.1. The first-order valence-corrected chi connectivity index (χ1v) is 19.1. The van der Waals surface area contributed by atoms with Crippen molar-refractivity contribution in [1.82, 2.24) is 4.98 Å². The van der Waals surface area contributed by atoms with Gasteiger partial charge in [-0.25, -0.2) is 4.98 Å². The number of thiophene rings is 1. The Labute approximate surface area is 317 Å². The van der Waals surface area contributed by atoms with Gasteiger partial charge in [0.1, 0.15) is 27.8 Å². The van der Waals surface area contributed by atoms with E-state index in [-0.39, 0.29) is 0 Å². The maximum absolute atomic E-state index is 6.43. The Morgan fingerprint density at radius 2 is 1.04 bits per heavy atom. The van der Waals surface area contributed by atoms with E-state index in [1.165, 1.54) is 20.2 Å². The third-order valence-corrected chi connectivity index (χ3v) is 11.9. The number of anilines is 3. The van der Waals surface area contributed by atoms with Crippen LogP contribution in [0, 0.1) is 0 Å². The van der Waals surface area contributed by atoms with Crippen molar-refractivity contribution in [3.05, 3.63) is 170 Å². The van der Waals surface area contributed by atoms with Crippen LogP contribution in [-0.4, -0.2) is 4.98 Å². The number of hydrogen-bond acceptors (Lipinski definition) is 6. The molecular weight excluding hydrogens is 697 g/mol. The lowest BCUT2D eigenvalue weighted by molar-refractivity contribution is 0.619. The predicted molar refractivity (Wildman–Crippen MR) is 227 cm³/mol. The molecule has 12 aromatic rings. The zero-order valence-electron chi connectivity index (χ0n) is 29.2. The minimum Gasteiger partial charge on any atom is -0.456 e. The Morgan fingerprint density at radius 1 is 0.382 bits per heavy atom. The fourth-order valence-corrected chi connectivity index (χ4v) is 9.18. The van der Waals surface area contributed by atoms with Gasteiger partial charge in [0.2, 0.25) is 5.89 Å². The van der Waals surface area contributed by atoms with Crippen molar-refractivity contribution in [2.24, 2.45) is 0 Å². The smallest absolute Gasteiger partial charge is 0.227 e. The molecule has 0 amide bonds. The second kappa shape index (κ2) is 11.7. The van der Waals surface area contributed by atoms with Gasteiger partial charge in [0.25, 0.3) is 0 Å². The minimum absolute atomic E-state index is 0.601. The molecule has 0 bridgehead atoms. The van der Waals surface area contributed by atoms with E-state index >= 15 is 0 Å². The highest BCUT2D eigenvalue weighted by Crippen LogP contribution is 2.43. The van der Waals surface area contributed by atoms with Gasteiger partial charge in [-0.15, -0.1) is 11.3 Å². The van der Waals surface area contributed by atoms with Crippen LogP contribution in [-0.2, 0) is 0 Å². The maximum atomic E-state index is 6.43. The van der Waals surface area contributed by atoms with Crippen LogP contribution in [0.25, 0.3) is 97.7 Å². The van der Waals surface area contributed by atoms with Crippen LogP contribution in [0.4, 0.5) is 17.1 Å². The summed E-state index contributed by atoms with van der Waals surface area (Å²) < 4.78 is 21.5. The highest BCUT2D eigenvalue weighted by molar-refractivity contribution is 7.25. The third kappa shape index (κ3) is 4.75. The summed E-state index contributed by atoms with van der Waals surface area (Å²) >= 11 is 1.83. The zero-order chi connectivity index (χ0) is 36.0. The molecule has 0 aliphatic heterocycles. The molecule has 0 radical (unpaired) electrons. The minimum atomic E-state index is 0.601. The van der Waals surface area contributed by atoms with Gasteiger partial charge in [0.15, 0.2) is 5.58 Å². The van der Waals surface area contributed by atoms with E-state index in [0.717, 1.165) is 88.7 Å². The first kappa shape index (κ1) is 30.3. The van der Waals surface area contributed by atoms with E-state index in [4.69, 9.17) is 18.2 Å². The Morgan fingerprint density at radius 3 is 1.95 bits per heavy atom. The highest BCUT2D eigenvalue weighted by Gasteiger charge is 2.19. The molecule has 0 saturated carbocycles. The molecule has 0 spiro atoms. The standard InChI is InChI=1S/C49H28N2O3S/c1-2-8-30(9-3-1)49-50-48-42(54-49)24-23-41-47(48)38-21-16-31(26-43(38)53-41)29-14-17-32(18-15-29)51(33-20-25-46-39(27-33)37-11-5-7-13-45(37)55-46)34-19-22-36-35-10-4-6-12-40(35)52-44(36)28-34/h1-28H. The van der Waals surface area contributed by atoms with Crippen molar-refractivity contribution in [3.8, 4) is 22.6 Å². The summed E-state index contributed by atoms with van der Waals surface area (Å²) in [6.45, 7) is 0. The summed E-state index contributed by atoms with van der Waals surface area (Å²) in [5.74, 6) is 0.601. The molecule has 4 heterocycles. The number of para-hydroxylation sites is 1. The van der Waals surface area contributed by atoms with Crippen LogP contribution in [0.5, 0.6) is 0 Å². The Balaban J connectivity index is 0.961. The summed E-state index contributed by atoms with van der Waals surface area (Å²) in [4.78, 5) is 7.23. The summed E-state index contributed by atoms with van der Waals surface area (Å²) in [5.41, 5.74) is 11.2. The number of aromatic nitrogens is 1. The van der Waals surface area contributed by atoms with Crippen LogP contribution < -0.4 is 4.90 Å². The normalized spacial score (nSPS) is 12.0. The van der Waals surface area contributed by atoms with Crippen LogP contribution in [0.3, 0.4) is 0 Å². The maximum Gasteiger partial charge on any atom is 0.227 e. The fourth-order valence-electron chi connectivity index (χ4n) is 8.09. The number of oxazole rings is 1. The second-order valence-electron chi connectivity index (χ2n) is 13.9. The molecule has 12 rings (SSSR count). The second-order valence-corrected chi connectivity index (χ2v) is 15.0. The molecule has 55 heavy (non-hydrogen) atoms. The van der Waals surface area contributed by atoms with Crippen LogP contribution in [0.15, 0.2) is 183 Å². The van der Waals surface area contributed by atoms with Crippen molar-refractivity contribution in [2.75, 3.05) is 4.90 Å². The molecule has 8 aromatic carbocycles. The summed E-state index contributed by atoms with van der Waals surface area (Å²) in [5, 5.41) is 6.73. The summed E-state index contributed by atoms with van der Waals surface area (Å²) in [6.07, 6.45) is 0. The molecule has 5 nitrogen and oxygen atoms in total. The van der Waals surface area contributed by atoms with Gasteiger partial charge in [-0.3, -0.25) is 0 Å². The lowest BCUT2D eigenvalue weighted by Gasteiger charge is -2.26. The average Bonchev–Trinajstić information content (AvgIpc) is 4.02. The Kier molecular flexibility index (Phi) is 6.44. The topological polar surface area (TPSA) is 55.6 Å². The number of rotatable bonds is 5. The molecule has 258 valence electrons. The fraction of sp³-hybridized carbons (Fsp3) is 0. The molecule has 0 atom stereocenters. The van der Waals surface area contributed by atoms with Crippen LogP contribution >= 0.6 is 11.3 Å². The monoisotopic (exact) mass is 724 g/mol. The lowest BCUT2D eigenvalue weighted by atomic mass is 10.0. The molecule has 0 aliphatic carbocycles. The number of furan rings is 2. The first-order valence-electron chi connectivity index (χ1n) is 18.3.